The molecule has 2 aliphatic rings. The molecule has 1 N–H and O–H groups in total. The van der Waals surface area contributed by atoms with Crippen molar-refractivity contribution in [3.05, 3.63) is 22.2 Å². The second-order valence-corrected chi connectivity index (χ2v) is 6.31. The molecule has 0 spiro atoms. The van der Waals surface area contributed by atoms with Crippen LogP contribution in [0.15, 0.2) is 16.6 Å². The van der Waals surface area contributed by atoms with E-state index in [0.29, 0.717) is 11.9 Å². The van der Waals surface area contributed by atoms with Gasteiger partial charge in [-0.2, -0.15) is 0 Å². The van der Waals surface area contributed by atoms with Crippen LogP contribution in [0.5, 0.6) is 5.75 Å². The smallest absolute Gasteiger partial charge is 0.130 e. The Hall–Kier alpha value is -0.740. The van der Waals surface area contributed by atoms with Crippen LogP contribution in [0.2, 0.25) is 0 Å². The number of aromatic hydroxyl groups is 1. The highest BCUT2D eigenvalue weighted by molar-refractivity contribution is 9.10. The quantitative estimate of drug-likeness (QED) is 0.797. The average Bonchev–Trinajstić information content (AvgIpc) is 2.67. The van der Waals surface area contributed by atoms with Crippen LogP contribution in [-0.4, -0.2) is 36.8 Å². The largest absolute Gasteiger partial charge is 0.507 e. The van der Waals surface area contributed by atoms with E-state index in [-0.39, 0.29) is 5.41 Å². The third-order valence-electron chi connectivity index (χ3n) is 4.40. The summed E-state index contributed by atoms with van der Waals surface area (Å²) in [5.41, 5.74) is 2.64. The predicted molar refractivity (Wildman–Crippen MR) is 72.6 cm³/mol. The Morgan fingerprint density at radius 3 is 2.82 bits per heavy atom. The van der Waals surface area contributed by atoms with Gasteiger partial charge in [0.15, 0.2) is 0 Å². The Morgan fingerprint density at radius 1 is 1.41 bits per heavy atom. The number of rotatable bonds is 0. The van der Waals surface area contributed by atoms with Crippen LogP contribution in [0.3, 0.4) is 0 Å². The van der Waals surface area contributed by atoms with Crippen molar-refractivity contribution in [2.75, 3.05) is 25.5 Å². The fraction of sp³-hybridized carbons (Fsp3) is 0.538. The highest BCUT2D eigenvalue weighted by atomic mass is 79.9. The first-order chi connectivity index (χ1) is 7.95. The third kappa shape index (κ3) is 1.31. The molecular weight excluding hydrogens is 280 g/mol. The maximum atomic E-state index is 9.89. The molecule has 17 heavy (non-hydrogen) atoms. The van der Waals surface area contributed by atoms with Gasteiger partial charge in [0.25, 0.3) is 0 Å². The maximum absolute atomic E-state index is 9.89. The summed E-state index contributed by atoms with van der Waals surface area (Å²) < 4.78 is 0.773. The SMILES string of the molecule is CN1CC[C@@]2(C)c3cc(O)c(Br)cc3N(C)[C@@H]12. The van der Waals surface area contributed by atoms with E-state index in [9.17, 15) is 5.11 Å². The molecule has 0 aliphatic carbocycles. The highest BCUT2D eigenvalue weighted by Crippen LogP contribution is 2.52. The van der Waals surface area contributed by atoms with E-state index in [4.69, 9.17) is 0 Å². The van der Waals surface area contributed by atoms with E-state index in [2.05, 4.69) is 46.7 Å². The number of hydrogen-bond acceptors (Lipinski definition) is 3. The second-order valence-electron chi connectivity index (χ2n) is 5.45. The van der Waals surface area contributed by atoms with Crippen molar-refractivity contribution in [3.8, 4) is 5.75 Å². The van der Waals surface area contributed by atoms with Crippen LogP contribution >= 0.6 is 15.9 Å². The fourth-order valence-corrected chi connectivity index (χ4v) is 3.91. The summed E-state index contributed by atoms with van der Waals surface area (Å²) in [6, 6.07) is 3.96. The topological polar surface area (TPSA) is 26.7 Å². The molecule has 0 radical (unpaired) electrons. The lowest BCUT2D eigenvalue weighted by atomic mass is 9.81. The number of nitrogens with zero attached hydrogens (tertiary/aromatic N) is 2. The molecule has 0 aromatic heterocycles. The molecule has 1 aromatic carbocycles. The Kier molecular flexibility index (Phi) is 2.26. The summed E-state index contributed by atoms with van der Waals surface area (Å²) in [4.78, 5) is 4.72. The summed E-state index contributed by atoms with van der Waals surface area (Å²) in [7, 11) is 4.31. The molecule has 0 bridgehead atoms. The van der Waals surface area contributed by atoms with Gasteiger partial charge in [-0.1, -0.05) is 6.92 Å². The second kappa shape index (κ2) is 3.39. The number of likely N-dealkylation sites (tertiary alicyclic amines) is 1. The van der Waals surface area contributed by atoms with Crippen molar-refractivity contribution in [1.82, 2.24) is 4.90 Å². The summed E-state index contributed by atoms with van der Waals surface area (Å²) in [6.07, 6.45) is 1.55. The van der Waals surface area contributed by atoms with Crippen LogP contribution in [0.1, 0.15) is 18.9 Å². The Labute approximate surface area is 110 Å². The lowest BCUT2D eigenvalue weighted by Gasteiger charge is -2.32. The third-order valence-corrected chi connectivity index (χ3v) is 5.03. The van der Waals surface area contributed by atoms with Crippen molar-refractivity contribution in [3.63, 3.8) is 0 Å². The highest BCUT2D eigenvalue weighted by Gasteiger charge is 2.52. The van der Waals surface area contributed by atoms with Gasteiger partial charge >= 0.3 is 0 Å². The Bertz CT molecular complexity index is 491. The van der Waals surface area contributed by atoms with E-state index in [1.54, 1.807) is 0 Å². The van der Waals surface area contributed by atoms with Crippen molar-refractivity contribution in [2.45, 2.75) is 24.9 Å². The van der Waals surface area contributed by atoms with Crippen molar-refractivity contribution in [1.29, 1.82) is 0 Å². The van der Waals surface area contributed by atoms with E-state index in [0.717, 1.165) is 17.4 Å². The first kappa shape index (κ1) is 11.4. The van der Waals surface area contributed by atoms with E-state index >= 15 is 0 Å². The molecule has 2 heterocycles. The van der Waals surface area contributed by atoms with Gasteiger partial charge in [0, 0.05) is 24.7 Å². The molecule has 1 saturated heterocycles. The number of halogens is 1. The van der Waals surface area contributed by atoms with Gasteiger partial charge in [-0.25, -0.2) is 0 Å². The number of fused-ring (bicyclic) bond motifs is 3. The van der Waals surface area contributed by atoms with E-state index in [1.165, 1.54) is 11.3 Å². The van der Waals surface area contributed by atoms with Crippen LogP contribution in [0, 0.1) is 0 Å². The summed E-state index contributed by atoms with van der Waals surface area (Å²) >= 11 is 3.40. The number of hydrogen-bond donors (Lipinski definition) is 1. The number of phenols is 1. The van der Waals surface area contributed by atoms with Crippen LogP contribution in [0.25, 0.3) is 0 Å². The fourth-order valence-electron chi connectivity index (χ4n) is 3.58. The Morgan fingerprint density at radius 2 is 2.12 bits per heavy atom. The van der Waals surface area contributed by atoms with Gasteiger partial charge in [-0.3, -0.25) is 4.90 Å². The lowest BCUT2D eigenvalue weighted by molar-refractivity contribution is 0.268. The minimum Gasteiger partial charge on any atom is -0.507 e. The molecule has 0 saturated carbocycles. The normalized spacial score (nSPS) is 31.8. The molecule has 2 atom stereocenters. The zero-order chi connectivity index (χ0) is 12.4. The van der Waals surface area contributed by atoms with Crippen molar-refractivity contribution in [2.24, 2.45) is 0 Å². The van der Waals surface area contributed by atoms with Gasteiger partial charge in [0.2, 0.25) is 0 Å². The van der Waals surface area contributed by atoms with Gasteiger partial charge in [0.1, 0.15) is 5.75 Å². The first-order valence-electron chi connectivity index (χ1n) is 5.91. The molecule has 2 aliphatic heterocycles. The summed E-state index contributed by atoms with van der Waals surface area (Å²) in [6.45, 7) is 3.42. The Balaban J connectivity index is 2.22. The molecule has 1 aromatic rings. The monoisotopic (exact) mass is 296 g/mol. The number of phenolic OH excluding ortho intramolecular Hbond substituents is 1. The minimum absolute atomic E-state index is 0.136. The average molecular weight is 297 g/mol. The number of anilines is 1. The van der Waals surface area contributed by atoms with Gasteiger partial charge in [-0.05, 0) is 47.1 Å². The summed E-state index contributed by atoms with van der Waals surface area (Å²) in [5.74, 6) is 0.341. The summed E-state index contributed by atoms with van der Waals surface area (Å²) in [5, 5.41) is 9.89. The molecule has 4 heteroatoms. The lowest BCUT2D eigenvalue weighted by Crippen LogP contribution is -2.45. The first-order valence-corrected chi connectivity index (χ1v) is 6.70. The number of likely N-dealkylation sites (N-methyl/N-ethyl adjacent to an activating group) is 2. The molecule has 92 valence electrons. The van der Waals surface area contributed by atoms with Crippen molar-refractivity contribution < 1.29 is 5.11 Å². The van der Waals surface area contributed by atoms with Gasteiger partial charge in [0.05, 0.1) is 10.6 Å². The standard InChI is InChI=1S/C13H17BrN2O/c1-13-4-5-15(2)12(13)16(3)10-7-9(14)11(17)6-8(10)13/h6-7,12,17H,4-5H2,1-3H3/t12-,13+/m1/s1. The zero-order valence-corrected chi connectivity index (χ0v) is 12.0. The molecule has 3 rings (SSSR count). The molecule has 0 unspecified atom stereocenters. The molecule has 3 nitrogen and oxygen atoms in total. The molecule has 1 fully saturated rings. The maximum Gasteiger partial charge on any atom is 0.130 e. The minimum atomic E-state index is 0.136. The van der Waals surface area contributed by atoms with Gasteiger partial charge in [-0.15, -0.1) is 0 Å². The predicted octanol–water partition coefficient (Wildman–Crippen LogP) is 2.52. The van der Waals surface area contributed by atoms with Crippen LogP contribution in [0.4, 0.5) is 5.69 Å². The zero-order valence-electron chi connectivity index (χ0n) is 10.4. The number of benzene rings is 1. The van der Waals surface area contributed by atoms with E-state index in [1.807, 2.05) is 12.1 Å². The van der Waals surface area contributed by atoms with Crippen LogP contribution in [-0.2, 0) is 5.41 Å². The molecule has 0 amide bonds. The van der Waals surface area contributed by atoms with Gasteiger partial charge < -0.3 is 10.0 Å². The molecular formula is C13H17BrN2O. The van der Waals surface area contributed by atoms with E-state index < -0.39 is 0 Å². The van der Waals surface area contributed by atoms with Crippen molar-refractivity contribution >= 4 is 21.6 Å². The van der Waals surface area contributed by atoms with Crippen LogP contribution < -0.4 is 4.90 Å².